The van der Waals surface area contributed by atoms with Gasteiger partial charge in [0, 0.05) is 17.1 Å². The lowest BCUT2D eigenvalue weighted by atomic mass is 10.2. The summed E-state index contributed by atoms with van der Waals surface area (Å²) < 4.78 is 13.9. The van der Waals surface area contributed by atoms with E-state index in [2.05, 4.69) is 21.2 Å². The van der Waals surface area contributed by atoms with Gasteiger partial charge in [-0.25, -0.2) is 4.39 Å². The van der Waals surface area contributed by atoms with Crippen molar-refractivity contribution >= 4 is 21.8 Å². The smallest absolute Gasteiger partial charge is 0.254 e. The lowest BCUT2D eigenvalue weighted by molar-refractivity contribution is 0.0947. The highest BCUT2D eigenvalue weighted by Gasteiger charge is 2.11. The first-order valence-electron chi connectivity index (χ1n) is 4.49. The van der Waals surface area contributed by atoms with Crippen LogP contribution in [-0.4, -0.2) is 18.5 Å². The van der Waals surface area contributed by atoms with Crippen LogP contribution in [0.2, 0.25) is 0 Å². The molecule has 3 nitrogen and oxygen atoms in total. The van der Waals surface area contributed by atoms with E-state index >= 15 is 0 Å². The van der Waals surface area contributed by atoms with Crippen LogP contribution >= 0.6 is 15.9 Å². The Kier molecular flexibility index (Phi) is 4.23. The van der Waals surface area contributed by atoms with Gasteiger partial charge >= 0.3 is 0 Å². The fraction of sp³-hybridized carbons (Fsp3) is 0.300. The van der Waals surface area contributed by atoms with Crippen molar-refractivity contribution in [2.24, 2.45) is 5.73 Å². The van der Waals surface area contributed by atoms with E-state index in [0.717, 1.165) is 0 Å². The van der Waals surface area contributed by atoms with Crippen LogP contribution in [0.3, 0.4) is 0 Å². The average molecular weight is 275 g/mol. The summed E-state index contributed by atoms with van der Waals surface area (Å²) >= 11 is 3.12. The van der Waals surface area contributed by atoms with Crippen LogP contribution in [-0.2, 0) is 0 Å². The maximum Gasteiger partial charge on any atom is 0.254 e. The number of hydrogen-bond acceptors (Lipinski definition) is 2. The van der Waals surface area contributed by atoms with Crippen LogP contribution in [0.1, 0.15) is 17.3 Å². The van der Waals surface area contributed by atoms with E-state index in [-0.39, 0.29) is 11.6 Å². The molecule has 3 N–H and O–H groups in total. The highest BCUT2D eigenvalue weighted by molar-refractivity contribution is 9.10. The molecule has 0 heterocycles. The summed E-state index contributed by atoms with van der Waals surface area (Å²) in [6.07, 6.45) is 0. The second-order valence-electron chi connectivity index (χ2n) is 3.31. The SMILES string of the molecule is CC(N)CNC(=O)c1ccc(Br)cc1F. The van der Waals surface area contributed by atoms with Crippen LogP contribution < -0.4 is 11.1 Å². The van der Waals surface area contributed by atoms with Crippen molar-refractivity contribution in [2.45, 2.75) is 13.0 Å². The van der Waals surface area contributed by atoms with Crippen molar-refractivity contribution < 1.29 is 9.18 Å². The second-order valence-corrected chi connectivity index (χ2v) is 4.23. The third-order valence-electron chi connectivity index (χ3n) is 1.76. The average Bonchev–Trinajstić information content (AvgIpc) is 2.14. The fourth-order valence-electron chi connectivity index (χ4n) is 1.02. The highest BCUT2D eigenvalue weighted by Crippen LogP contribution is 2.14. The molecule has 5 heteroatoms. The third-order valence-corrected chi connectivity index (χ3v) is 2.25. The molecule has 1 unspecified atom stereocenters. The van der Waals surface area contributed by atoms with E-state index in [1.54, 1.807) is 13.0 Å². The van der Waals surface area contributed by atoms with Gasteiger partial charge in [0.05, 0.1) is 5.56 Å². The van der Waals surface area contributed by atoms with Gasteiger partial charge in [0.25, 0.3) is 5.91 Å². The Bertz CT molecular complexity index is 368. The molecule has 82 valence electrons. The van der Waals surface area contributed by atoms with Gasteiger partial charge in [-0.15, -0.1) is 0 Å². The Hall–Kier alpha value is -0.940. The maximum absolute atomic E-state index is 13.3. The molecule has 0 bridgehead atoms. The summed E-state index contributed by atoms with van der Waals surface area (Å²) in [5, 5.41) is 2.54. The molecule has 0 aliphatic rings. The molecule has 1 aromatic carbocycles. The summed E-state index contributed by atoms with van der Waals surface area (Å²) in [5.41, 5.74) is 5.49. The molecule has 0 aromatic heterocycles. The molecule has 15 heavy (non-hydrogen) atoms. The van der Waals surface area contributed by atoms with Crippen LogP contribution in [0.15, 0.2) is 22.7 Å². The maximum atomic E-state index is 13.3. The van der Waals surface area contributed by atoms with Crippen LogP contribution in [0.5, 0.6) is 0 Å². The molecule has 1 atom stereocenters. The number of nitrogens with one attached hydrogen (secondary N) is 1. The van der Waals surface area contributed by atoms with Gasteiger partial charge in [-0.3, -0.25) is 4.79 Å². The zero-order valence-electron chi connectivity index (χ0n) is 8.26. The van der Waals surface area contributed by atoms with Crippen molar-refractivity contribution in [3.8, 4) is 0 Å². The van der Waals surface area contributed by atoms with Gasteiger partial charge < -0.3 is 11.1 Å². The molecule has 0 saturated heterocycles. The number of benzene rings is 1. The summed E-state index contributed by atoms with van der Waals surface area (Å²) in [6, 6.07) is 4.15. The number of nitrogens with two attached hydrogens (primary N) is 1. The molecule has 0 spiro atoms. The Morgan fingerprint density at radius 3 is 2.87 bits per heavy atom. The normalized spacial score (nSPS) is 12.3. The molecular formula is C10H12BrFN2O. The molecule has 0 radical (unpaired) electrons. The summed E-state index contributed by atoms with van der Waals surface area (Å²) in [6.45, 7) is 2.09. The largest absolute Gasteiger partial charge is 0.350 e. The number of hydrogen-bond donors (Lipinski definition) is 2. The molecule has 0 aliphatic heterocycles. The van der Waals surface area contributed by atoms with Crippen molar-refractivity contribution in [3.05, 3.63) is 34.1 Å². The summed E-state index contributed by atoms with van der Waals surface area (Å²) in [7, 11) is 0. The van der Waals surface area contributed by atoms with Gasteiger partial charge in [0.1, 0.15) is 5.82 Å². The zero-order valence-corrected chi connectivity index (χ0v) is 9.84. The highest BCUT2D eigenvalue weighted by atomic mass is 79.9. The minimum absolute atomic E-state index is 0.0267. The van der Waals surface area contributed by atoms with Gasteiger partial charge in [0.15, 0.2) is 0 Å². The van der Waals surface area contributed by atoms with Crippen LogP contribution in [0.4, 0.5) is 4.39 Å². The molecule has 0 saturated carbocycles. The fourth-order valence-corrected chi connectivity index (χ4v) is 1.36. The topological polar surface area (TPSA) is 55.1 Å². The number of carbonyl (C=O) groups is 1. The van der Waals surface area contributed by atoms with Gasteiger partial charge in [0.2, 0.25) is 0 Å². The summed E-state index contributed by atoms with van der Waals surface area (Å²) in [4.78, 5) is 11.5. The molecule has 1 rings (SSSR count). The van der Waals surface area contributed by atoms with E-state index in [1.807, 2.05) is 0 Å². The zero-order chi connectivity index (χ0) is 11.4. The van der Waals surface area contributed by atoms with Crippen molar-refractivity contribution in [1.82, 2.24) is 5.32 Å². The predicted molar refractivity (Wildman–Crippen MR) is 60.1 cm³/mol. The van der Waals surface area contributed by atoms with Gasteiger partial charge in [-0.05, 0) is 25.1 Å². The molecular weight excluding hydrogens is 263 g/mol. The second kappa shape index (κ2) is 5.23. The molecule has 1 aromatic rings. The predicted octanol–water partition coefficient (Wildman–Crippen LogP) is 1.67. The minimum Gasteiger partial charge on any atom is -0.350 e. The monoisotopic (exact) mass is 274 g/mol. The van der Waals surface area contributed by atoms with Crippen molar-refractivity contribution in [1.29, 1.82) is 0 Å². The van der Waals surface area contributed by atoms with Crippen molar-refractivity contribution in [2.75, 3.05) is 6.54 Å². The standard InChI is InChI=1S/C10H12BrFN2O/c1-6(13)5-14-10(15)8-3-2-7(11)4-9(8)12/h2-4,6H,5,13H2,1H3,(H,14,15). The van der Waals surface area contributed by atoms with E-state index in [4.69, 9.17) is 5.73 Å². The Balaban J connectivity index is 2.74. The Morgan fingerprint density at radius 2 is 2.33 bits per heavy atom. The number of rotatable bonds is 3. The first kappa shape index (κ1) is 12.1. The summed E-state index contributed by atoms with van der Waals surface area (Å²) in [5.74, 6) is -0.996. The lowest BCUT2D eigenvalue weighted by Crippen LogP contribution is -2.35. The molecule has 0 fully saturated rings. The first-order valence-corrected chi connectivity index (χ1v) is 5.29. The Morgan fingerprint density at radius 1 is 1.67 bits per heavy atom. The first-order chi connectivity index (χ1) is 7.00. The quantitative estimate of drug-likeness (QED) is 0.881. The third kappa shape index (κ3) is 3.60. The van der Waals surface area contributed by atoms with E-state index in [1.165, 1.54) is 12.1 Å². The van der Waals surface area contributed by atoms with Gasteiger partial charge in [-0.2, -0.15) is 0 Å². The number of halogens is 2. The molecule has 0 aliphatic carbocycles. The van der Waals surface area contributed by atoms with Crippen LogP contribution in [0, 0.1) is 5.82 Å². The number of carbonyl (C=O) groups excluding carboxylic acids is 1. The van der Waals surface area contributed by atoms with E-state index in [9.17, 15) is 9.18 Å². The van der Waals surface area contributed by atoms with Crippen molar-refractivity contribution in [3.63, 3.8) is 0 Å². The Labute approximate surface area is 96.0 Å². The van der Waals surface area contributed by atoms with Crippen LogP contribution in [0.25, 0.3) is 0 Å². The minimum atomic E-state index is -0.549. The number of amides is 1. The lowest BCUT2D eigenvalue weighted by Gasteiger charge is -2.08. The van der Waals surface area contributed by atoms with E-state index in [0.29, 0.717) is 11.0 Å². The van der Waals surface area contributed by atoms with Gasteiger partial charge in [-0.1, -0.05) is 15.9 Å². The molecule has 1 amide bonds. The van der Waals surface area contributed by atoms with E-state index < -0.39 is 11.7 Å².